The van der Waals surface area contributed by atoms with Crippen molar-refractivity contribution < 1.29 is 19.0 Å². The van der Waals surface area contributed by atoms with Gasteiger partial charge in [0.15, 0.2) is 0 Å². The minimum atomic E-state index is -1.20. The highest BCUT2D eigenvalue weighted by molar-refractivity contribution is 6.31. The van der Waals surface area contributed by atoms with Crippen LogP contribution < -0.4 is 4.74 Å². The first kappa shape index (κ1) is 14.3. The normalized spacial score (nSPS) is 10.4. The quantitative estimate of drug-likeness (QED) is 0.930. The van der Waals surface area contributed by atoms with Crippen LogP contribution >= 0.6 is 11.6 Å². The van der Waals surface area contributed by atoms with E-state index in [2.05, 4.69) is 4.98 Å². The van der Waals surface area contributed by atoms with Crippen molar-refractivity contribution in [3.63, 3.8) is 0 Å². The van der Waals surface area contributed by atoms with E-state index in [4.69, 9.17) is 21.4 Å². The summed E-state index contributed by atoms with van der Waals surface area (Å²) in [6.07, 6.45) is 0. The van der Waals surface area contributed by atoms with Gasteiger partial charge in [-0.25, -0.2) is 14.2 Å². The van der Waals surface area contributed by atoms with Crippen molar-refractivity contribution in [2.75, 3.05) is 0 Å². The van der Waals surface area contributed by atoms with E-state index in [0.29, 0.717) is 17.0 Å². The monoisotopic (exact) mass is 295 g/mol. The van der Waals surface area contributed by atoms with Gasteiger partial charge in [0.1, 0.15) is 17.1 Å². The van der Waals surface area contributed by atoms with Crippen molar-refractivity contribution >= 4 is 17.6 Å². The summed E-state index contributed by atoms with van der Waals surface area (Å²) in [6.45, 7) is 3.29. The predicted octanol–water partition coefficient (Wildman–Crippen LogP) is 3.98. The Kier molecular flexibility index (Phi) is 3.90. The number of ether oxygens (including phenoxy) is 1. The van der Waals surface area contributed by atoms with Gasteiger partial charge in [0.2, 0.25) is 5.88 Å². The van der Waals surface area contributed by atoms with Gasteiger partial charge >= 0.3 is 5.97 Å². The molecule has 0 aliphatic heterocycles. The lowest BCUT2D eigenvalue weighted by Gasteiger charge is -2.11. The zero-order valence-electron chi connectivity index (χ0n) is 10.8. The SMILES string of the molecule is Cc1cc(F)ccc1Oc1nc(C)c(Cl)cc1C(=O)O. The molecule has 0 saturated carbocycles. The first-order chi connectivity index (χ1) is 9.38. The van der Waals surface area contributed by atoms with Crippen LogP contribution in [0.2, 0.25) is 5.02 Å². The van der Waals surface area contributed by atoms with E-state index in [1.54, 1.807) is 13.8 Å². The molecule has 0 radical (unpaired) electrons. The number of aromatic carboxylic acids is 1. The molecule has 20 heavy (non-hydrogen) atoms. The van der Waals surface area contributed by atoms with E-state index >= 15 is 0 Å². The summed E-state index contributed by atoms with van der Waals surface area (Å²) >= 11 is 5.85. The van der Waals surface area contributed by atoms with Crippen molar-refractivity contribution in [2.24, 2.45) is 0 Å². The molecule has 0 aliphatic carbocycles. The van der Waals surface area contributed by atoms with Gasteiger partial charge in [-0.15, -0.1) is 0 Å². The molecule has 0 atom stereocenters. The Labute approximate surface area is 119 Å². The number of hydrogen-bond acceptors (Lipinski definition) is 3. The highest BCUT2D eigenvalue weighted by atomic mass is 35.5. The Bertz CT molecular complexity index is 688. The van der Waals surface area contributed by atoms with Crippen LogP contribution in [0.25, 0.3) is 0 Å². The van der Waals surface area contributed by atoms with Crippen LogP contribution in [0.5, 0.6) is 11.6 Å². The van der Waals surface area contributed by atoms with Gasteiger partial charge in [-0.05, 0) is 43.7 Å². The minimum Gasteiger partial charge on any atom is -0.477 e. The van der Waals surface area contributed by atoms with Crippen LogP contribution in [-0.4, -0.2) is 16.1 Å². The molecule has 1 N–H and O–H groups in total. The highest BCUT2D eigenvalue weighted by Gasteiger charge is 2.17. The number of carboxylic acids is 1. The van der Waals surface area contributed by atoms with Crippen molar-refractivity contribution in [2.45, 2.75) is 13.8 Å². The molecular formula is C14H11ClFNO3. The largest absolute Gasteiger partial charge is 0.477 e. The molecule has 0 unspecified atom stereocenters. The van der Waals surface area contributed by atoms with Gasteiger partial charge in [0.25, 0.3) is 0 Å². The topological polar surface area (TPSA) is 59.4 Å². The second kappa shape index (κ2) is 5.46. The molecule has 104 valence electrons. The fourth-order valence-electron chi connectivity index (χ4n) is 1.62. The smallest absolute Gasteiger partial charge is 0.341 e. The third-order valence-electron chi connectivity index (χ3n) is 2.69. The number of carbonyl (C=O) groups is 1. The summed E-state index contributed by atoms with van der Waals surface area (Å²) in [6, 6.07) is 5.21. The lowest BCUT2D eigenvalue weighted by atomic mass is 10.2. The summed E-state index contributed by atoms with van der Waals surface area (Å²) in [5, 5.41) is 9.38. The Hall–Kier alpha value is -2.14. The van der Waals surface area contributed by atoms with Crippen molar-refractivity contribution in [1.29, 1.82) is 0 Å². The van der Waals surface area contributed by atoms with E-state index in [1.807, 2.05) is 0 Å². The summed E-state index contributed by atoms with van der Waals surface area (Å²) in [5.41, 5.74) is 0.839. The van der Waals surface area contributed by atoms with Crippen molar-refractivity contribution in [3.05, 3.63) is 51.9 Å². The molecule has 4 nitrogen and oxygen atoms in total. The molecule has 6 heteroatoms. The van der Waals surface area contributed by atoms with Crippen LogP contribution in [0.3, 0.4) is 0 Å². The third kappa shape index (κ3) is 2.88. The molecule has 1 aromatic heterocycles. The van der Waals surface area contributed by atoms with Gasteiger partial charge in [-0.3, -0.25) is 0 Å². The number of nitrogens with zero attached hydrogens (tertiary/aromatic N) is 1. The van der Waals surface area contributed by atoms with E-state index in [0.717, 1.165) is 0 Å². The number of pyridine rings is 1. The molecule has 2 rings (SSSR count). The molecule has 1 aromatic carbocycles. The maximum absolute atomic E-state index is 13.0. The number of aryl methyl sites for hydroxylation is 2. The zero-order valence-corrected chi connectivity index (χ0v) is 11.5. The number of hydrogen-bond donors (Lipinski definition) is 1. The van der Waals surface area contributed by atoms with Crippen LogP contribution in [-0.2, 0) is 0 Å². The molecule has 0 bridgehead atoms. The molecule has 0 saturated heterocycles. The molecule has 0 fully saturated rings. The van der Waals surface area contributed by atoms with Crippen LogP contribution in [0, 0.1) is 19.7 Å². The lowest BCUT2D eigenvalue weighted by molar-refractivity contribution is 0.0693. The van der Waals surface area contributed by atoms with E-state index in [9.17, 15) is 9.18 Å². The van der Waals surface area contributed by atoms with E-state index in [1.165, 1.54) is 24.3 Å². The van der Waals surface area contributed by atoms with Crippen LogP contribution in [0.4, 0.5) is 4.39 Å². The summed E-state index contributed by atoms with van der Waals surface area (Å²) in [7, 11) is 0. The second-order valence-electron chi connectivity index (χ2n) is 4.23. The van der Waals surface area contributed by atoms with E-state index in [-0.39, 0.29) is 16.5 Å². The maximum atomic E-state index is 13.0. The van der Waals surface area contributed by atoms with Gasteiger partial charge in [0, 0.05) is 0 Å². The molecule has 0 aliphatic rings. The van der Waals surface area contributed by atoms with Crippen molar-refractivity contribution in [1.82, 2.24) is 4.98 Å². The molecule has 0 amide bonds. The Morgan fingerprint density at radius 2 is 2.05 bits per heavy atom. The maximum Gasteiger partial charge on any atom is 0.341 e. The number of halogens is 2. The molecule has 2 aromatic rings. The van der Waals surface area contributed by atoms with Crippen LogP contribution in [0.1, 0.15) is 21.6 Å². The molecular weight excluding hydrogens is 285 g/mol. The lowest BCUT2D eigenvalue weighted by Crippen LogP contribution is -2.04. The highest BCUT2D eigenvalue weighted by Crippen LogP contribution is 2.29. The predicted molar refractivity (Wildman–Crippen MR) is 72.2 cm³/mol. The van der Waals surface area contributed by atoms with Gasteiger partial charge in [-0.1, -0.05) is 11.6 Å². The number of aromatic nitrogens is 1. The number of rotatable bonds is 3. The van der Waals surface area contributed by atoms with Crippen molar-refractivity contribution in [3.8, 4) is 11.6 Å². The zero-order chi connectivity index (χ0) is 14.9. The Morgan fingerprint density at radius 3 is 2.65 bits per heavy atom. The Balaban J connectivity index is 2.47. The standard InChI is InChI=1S/C14H11ClFNO3/c1-7-5-9(16)3-4-12(7)20-13-10(14(18)19)6-11(15)8(2)17-13/h3-6H,1-2H3,(H,18,19). The Morgan fingerprint density at radius 1 is 1.35 bits per heavy atom. The third-order valence-corrected chi connectivity index (χ3v) is 3.07. The average molecular weight is 296 g/mol. The minimum absolute atomic E-state index is 0.0749. The van der Waals surface area contributed by atoms with Gasteiger partial charge in [-0.2, -0.15) is 0 Å². The van der Waals surface area contributed by atoms with E-state index < -0.39 is 11.8 Å². The van der Waals surface area contributed by atoms with Gasteiger partial charge in [0.05, 0.1) is 10.7 Å². The summed E-state index contributed by atoms with van der Waals surface area (Å²) in [5.74, 6) is -1.33. The molecule has 1 heterocycles. The summed E-state index contributed by atoms with van der Waals surface area (Å²) < 4.78 is 18.5. The van der Waals surface area contributed by atoms with Gasteiger partial charge < -0.3 is 9.84 Å². The first-order valence-corrected chi connectivity index (χ1v) is 6.10. The number of carboxylic acid groups (broad SMARTS) is 1. The number of benzene rings is 1. The molecule has 0 spiro atoms. The fraction of sp³-hybridized carbons (Fsp3) is 0.143. The summed E-state index contributed by atoms with van der Waals surface area (Å²) in [4.78, 5) is 15.2. The average Bonchev–Trinajstić information content (AvgIpc) is 2.36. The van der Waals surface area contributed by atoms with Crippen LogP contribution in [0.15, 0.2) is 24.3 Å². The fourth-order valence-corrected chi connectivity index (χ4v) is 1.77. The second-order valence-corrected chi connectivity index (χ2v) is 4.63. The first-order valence-electron chi connectivity index (χ1n) is 5.73.